The van der Waals surface area contributed by atoms with Gasteiger partial charge in [0, 0.05) is 23.6 Å². The molecule has 1 unspecified atom stereocenters. The van der Waals surface area contributed by atoms with Crippen molar-refractivity contribution in [3.8, 4) is 6.07 Å². The molecule has 1 heterocycles. The van der Waals surface area contributed by atoms with Gasteiger partial charge in [0.1, 0.15) is 5.54 Å². The highest BCUT2D eigenvalue weighted by molar-refractivity contribution is 7.99. The molecule has 0 amide bonds. The Morgan fingerprint density at radius 1 is 1.65 bits per heavy atom. The predicted molar refractivity (Wildman–Crippen MR) is 79.8 cm³/mol. The maximum atomic E-state index is 11.6. The molecule has 1 fully saturated rings. The van der Waals surface area contributed by atoms with Crippen LogP contribution in [0, 0.1) is 11.3 Å². The largest absolute Gasteiger partial charge is 0.301 e. The van der Waals surface area contributed by atoms with Crippen LogP contribution in [0.5, 0.6) is 0 Å². The summed E-state index contributed by atoms with van der Waals surface area (Å²) in [5, 5.41) is 13.3. The Morgan fingerprint density at radius 2 is 2.40 bits per heavy atom. The Balaban J connectivity index is 2.01. The third-order valence-electron chi connectivity index (χ3n) is 3.12. The number of aromatic amines is 1. The molecule has 108 valence electrons. The molecule has 2 rings (SSSR count). The number of nitrogens with one attached hydrogen (secondary N) is 2. The van der Waals surface area contributed by atoms with E-state index < -0.39 is 5.54 Å². The molecule has 1 atom stereocenters. The fraction of sp³-hybridized carbons (Fsp3) is 0.643. The van der Waals surface area contributed by atoms with Crippen molar-refractivity contribution in [1.29, 1.82) is 5.26 Å². The van der Waals surface area contributed by atoms with Gasteiger partial charge in [-0.05, 0) is 26.2 Å². The zero-order valence-electron chi connectivity index (χ0n) is 11.9. The van der Waals surface area contributed by atoms with Crippen LogP contribution in [0.2, 0.25) is 0 Å². The van der Waals surface area contributed by atoms with Crippen molar-refractivity contribution in [3.05, 3.63) is 22.1 Å². The van der Waals surface area contributed by atoms with E-state index in [2.05, 4.69) is 28.3 Å². The fourth-order valence-electron chi connectivity index (χ4n) is 1.93. The Hall–Kier alpha value is -1.32. The van der Waals surface area contributed by atoms with Gasteiger partial charge in [-0.1, -0.05) is 25.1 Å². The van der Waals surface area contributed by atoms with Crippen LogP contribution in [-0.4, -0.2) is 27.3 Å². The minimum atomic E-state index is -0.578. The Labute approximate surface area is 123 Å². The van der Waals surface area contributed by atoms with Crippen LogP contribution in [0.4, 0.5) is 0 Å². The first-order valence-electron chi connectivity index (χ1n) is 6.96. The fourth-order valence-corrected chi connectivity index (χ4v) is 2.86. The van der Waals surface area contributed by atoms with E-state index in [-0.39, 0.29) is 5.56 Å². The van der Waals surface area contributed by atoms with Gasteiger partial charge < -0.3 is 4.98 Å². The maximum absolute atomic E-state index is 11.6. The number of nitrogens with zero attached hydrogens (tertiary/aromatic N) is 2. The minimum absolute atomic E-state index is 0.125. The molecule has 1 saturated carbocycles. The summed E-state index contributed by atoms with van der Waals surface area (Å²) in [7, 11) is 0. The molecule has 1 aliphatic rings. The van der Waals surface area contributed by atoms with Crippen molar-refractivity contribution in [3.63, 3.8) is 0 Å². The second-order valence-corrected chi connectivity index (χ2v) is 6.41. The number of hydrogen-bond donors (Lipinski definition) is 2. The molecular weight excluding hydrogens is 272 g/mol. The molecule has 6 heteroatoms. The van der Waals surface area contributed by atoms with Crippen molar-refractivity contribution in [2.75, 3.05) is 5.75 Å². The summed E-state index contributed by atoms with van der Waals surface area (Å²) in [4.78, 5) is 18.7. The van der Waals surface area contributed by atoms with E-state index >= 15 is 0 Å². The number of aryl methyl sites for hydroxylation is 1. The summed E-state index contributed by atoms with van der Waals surface area (Å²) in [6, 6.07) is 4.33. The van der Waals surface area contributed by atoms with E-state index in [1.54, 1.807) is 6.07 Å². The number of H-pyrrole nitrogens is 1. The predicted octanol–water partition coefficient (Wildman–Crippen LogP) is 1.85. The molecule has 0 aliphatic heterocycles. The molecule has 0 spiro atoms. The van der Waals surface area contributed by atoms with Gasteiger partial charge >= 0.3 is 0 Å². The van der Waals surface area contributed by atoms with Gasteiger partial charge in [0.25, 0.3) is 5.56 Å². The molecule has 2 N–H and O–H groups in total. The van der Waals surface area contributed by atoms with Crippen LogP contribution in [0.15, 0.2) is 16.0 Å². The highest BCUT2D eigenvalue weighted by Gasteiger charge is 2.32. The van der Waals surface area contributed by atoms with Crippen LogP contribution in [0.1, 0.15) is 38.8 Å². The van der Waals surface area contributed by atoms with Gasteiger partial charge in [0.05, 0.1) is 6.07 Å². The van der Waals surface area contributed by atoms with E-state index in [1.807, 2.05) is 6.92 Å². The van der Waals surface area contributed by atoms with E-state index in [1.165, 1.54) is 11.8 Å². The lowest BCUT2D eigenvalue weighted by atomic mass is 10.1. The zero-order valence-corrected chi connectivity index (χ0v) is 12.7. The Bertz CT molecular complexity index is 561. The summed E-state index contributed by atoms with van der Waals surface area (Å²) < 4.78 is 0. The van der Waals surface area contributed by atoms with E-state index in [0.717, 1.165) is 31.4 Å². The molecule has 1 aromatic heterocycles. The van der Waals surface area contributed by atoms with Crippen molar-refractivity contribution in [1.82, 2.24) is 15.3 Å². The van der Waals surface area contributed by atoms with Crippen LogP contribution in [-0.2, 0) is 6.42 Å². The lowest BCUT2D eigenvalue weighted by Crippen LogP contribution is -2.44. The van der Waals surface area contributed by atoms with E-state index in [9.17, 15) is 10.1 Å². The standard InChI is InChI=1S/C14H20N4OS/c1-3-4-11-7-12(19)17-13(16-11)20-9-14(2,8-15)18-10-5-6-10/h7,10,18H,3-6,9H2,1-2H3,(H,16,17,19). The second-order valence-electron chi connectivity index (χ2n) is 5.44. The van der Waals surface area contributed by atoms with Crippen molar-refractivity contribution in [2.45, 2.75) is 56.3 Å². The van der Waals surface area contributed by atoms with Gasteiger partial charge in [-0.15, -0.1) is 0 Å². The van der Waals surface area contributed by atoms with Crippen molar-refractivity contribution in [2.24, 2.45) is 0 Å². The summed E-state index contributed by atoms with van der Waals surface area (Å²) in [5.41, 5.74) is 0.109. The number of hydrogen-bond acceptors (Lipinski definition) is 5. The third kappa shape index (κ3) is 4.36. The molecular formula is C14H20N4OS. The lowest BCUT2D eigenvalue weighted by molar-refractivity contribution is 0.490. The van der Waals surface area contributed by atoms with Gasteiger partial charge in [-0.3, -0.25) is 10.1 Å². The summed E-state index contributed by atoms with van der Waals surface area (Å²) in [6.45, 7) is 3.95. The molecule has 0 aromatic carbocycles. The topological polar surface area (TPSA) is 81.6 Å². The number of thioether (sulfide) groups is 1. The van der Waals surface area contributed by atoms with Crippen LogP contribution in [0.25, 0.3) is 0 Å². The van der Waals surface area contributed by atoms with Crippen LogP contribution < -0.4 is 10.9 Å². The lowest BCUT2D eigenvalue weighted by Gasteiger charge is -2.22. The Kier molecular flexibility index (Phi) is 4.84. The molecule has 5 nitrogen and oxygen atoms in total. The van der Waals surface area contributed by atoms with Gasteiger partial charge in [0.2, 0.25) is 0 Å². The number of rotatable bonds is 7. The van der Waals surface area contributed by atoms with E-state index in [4.69, 9.17) is 0 Å². The third-order valence-corrected chi connectivity index (χ3v) is 4.31. The molecule has 1 aliphatic carbocycles. The molecule has 0 radical (unpaired) electrons. The van der Waals surface area contributed by atoms with Crippen LogP contribution in [0.3, 0.4) is 0 Å². The monoisotopic (exact) mass is 292 g/mol. The van der Waals surface area contributed by atoms with Crippen LogP contribution >= 0.6 is 11.8 Å². The first-order chi connectivity index (χ1) is 9.54. The number of nitriles is 1. The molecule has 20 heavy (non-hydrogen) atoms. The summed E-state index contributed by atoms with van der Waals surface area (Å²) in [6.07, 6.45) is 4.04. The molecule has 0 saturated heterocycles. The van der Waals surface area contributed by atoms with Crippen molar-refractivity contribution >= 4 is 11.8 Å². The normalized spacial score (nSPS) is 17.4. The Morgan fingerprint density at radius 3 is 3.00 bits per heavy atom. The van der Waals surface area contributed by atoms with E-state index in [0.29, 0.717) is 17.0 Å². The van der Waals surface area contributed by atoms with Gasteiger partial charge in [-0.25, -0.2) is 4.98 Å². The molecule has 1 aromatic rings. The highest BCUT2D eigenvalue weighted by atomic mass is 32.2. The zero-order chi connectivity index (χ0) is 14.6. The SMILES string of the molecule is CCCc1cc(=O)[nH]c(SCC(C)(C#N)NC2CC2)n1. The first kappa shape index (κ1) is 15.1. The minimum Gasteiger partial charge on any atom is -0.301 e. The number of aromatic nitrogens is 2. The highest BCUT2D eigenvalue weighted by Crippen LogP contribution is 2.25. The maximum Gasteiger partial charge on any atom is 0.251 e. The average molecular weight is 292 g/mol. The quantitative estimate of drug-likeness (QED) is 0.592. The smallest absolute Gasteiger partial charge is 0.251 e. The van der Waals surface area contributed by atoms with Crippen molar-refractivity contribution < 1.29 is 0 Å². The summed E-state index contributed by atoms with van der Waals surface area (Å²) in [5.74, 6) is 0.568. The first-order valence-corrected chi connectivity index (χ1v) is 7.95. The van der Waals surface area contributed by atoms with Gasteiger partial charge in [-0.2, -0.15) is 5.26 Å². The second kappa shape index (κ2) is 6.42. The molecule has 0 bridgehead atoms. The van der Waals surface area contributed by atoms with Gasteiger partial charge in [0.15, 0.2) is 5.16 Å². The summed E-state index contributed by atoms with van der Waals surface area (Å²) >= 11 is 1.42. The average Bonchev–Trinajstić information content (AvgIpc) is 3.20.